The summed E-state index contributed by atoms with van der Waals surface area (Å²) in [5, 5.41) is 1.07. The van der Waals surface area contributed by atoms with Gasteiger partial charge in [-0.25, -0.2) is 4.98 Å². The Labute approximate surface area is 138 Å². The van der Waals surface area contributed by atoms with Crippen LogP contribution in [0.5, 0.6) is 0 Å². The van der Waals surface area contributed by atoms with Crippen molar-refractivity contribution in [3.63, 3.8) is 0 Å². The standard InChI is InChI=1S/C15H15Cl2N5/c1-2-22-13(18)8-6-7-11(20-14(8)21-15(22)19)12-9(16)4-3-5-10(12)17/h3-7,13H,2,18H2,1H3,(H2,19,20,21). The Morgan fingerprint density at radius 1 is 1.18 bits per heavy atom. The average Bonchev–Trinajstić information content (AvgIpc) is 2.47. The summed E-state index contributed by atoms with van der Waals surface area (Å²) in [6.07, 6.45) is -0.360. The van der Waals surface area contributed by atoms with E-state index in [4.69, 9.17) is 34.7 Å². The van der Waals surface area contributed by atoms with Crippen LogP contribution in [0.4, 0.5) is 5.82 Å². The molecule has 0 radical (unpaired) electrons. The van der Waals surface area contributed by atoms with E-state index < -0.39 is 0 Å². The summed E-state index contributed by atoms with van der Waals surface area (Å²) in [4.78, 5) is 10.7. The molecule has 1 aromatic carbocycles. The summed E-state index contributed by atoms with van der Waals surface area (Å²) in [7, 11) is 0. The lowest BCUT2D eigenvalue weighted by Crippen LogP contribution is -2.45. The van der Waals surface area contributed by atoms with Crippen LogP contribution in [0, 0.1) is 0 Å². The normalized spacial score (nSPS) is 17.2. The second kappa shape index (κ2) is 5.76. The van der Waals surface area contributed by atoms with Gasteiger partial charge in [0.05, 0.1) is 15.7 Å². The maximum absolute atomic E-state index is 6.23. The molecule has 3 rings (SSSR count). The molecule has 1 aliphatic rings. The molecule has 1 aromatic heterocycles. The van der Waals surface area contributed by atoms with Gasteiger partial charge in [0.15, 0.2) is 11.8 Å². The Balaban J connectivity index is 2.13. The van der Waals surface area contributed by atoms with E-state index in [2.05, 4.69) is 9.98 Å². The molecule has 7 heteroatoms. The van der Waals surface area contributed by atoms with Gasteiger partial charge in [-0.2, -0.15) is 4.99 Å². The lowest BCUT2D eigenvalue weighted by molar-refractivity contribution is 0.329. The molecule has 0 fully saturated rings. The number of nitrogens with two attached hydrogens (primary N) is 2. The van der Waals surface area contributed by atoms with Crippen molar-refractivity contribution in [1.29, 1.82) is 0 Å². The van der Waals surface area contributed by atoms with Gasteiger partial charge in [-0.05, 0) is 31.2 Å². The number of fused-ring (bicyclic) bond motifs is 1. The highest BCUT2D eigenvalue weighted by atomic mass is 35.5. The number of nitrogens with zero attached hydrogens (tertiary/aromatic N) is 3. The summed E-state index contributed by atoms with van der Waals surface area (Å²) in [5.41, 5.74) is 14.3. The van der Waals surface area contributed by atoms with Crippen LogP contribution in [0.2, 0.25) is 10.0 Å². The molecule has 0 amide bonds. The number of hydrogen-bond donors (Lipinski definition) is 2. The molecule has 22 heavy (non-hydrogen) atoms. The molecule has 0 saturated heterocycles. The van der Waals surface area contributed by atoms with E-state index in [1.54, 1.807) is 18.2 Å². The molecule has 1 atom stereocenters. The van der Waals surface area contributed by atoms with Crippen LogP contribution < -0.4 is 11.5 Å². The van der Waals surface area contributed by atoms with Crippen molar-refractivity contribution >= 4 is 35.0 Å². The van der Waals surface area contributed by atoms with E-state index in [0.717, 1.165) is 5.56 Å². The van der Waals surface area contributed by atoms with Gasteiger partial charge >= 0.3 is 0 Å². The number of guanidine groups is 1. The summed E-state index contributed by atoms with van der Waals surface area (Å²) in [6, 6.07) is 9.06. The fourth-order valence-corrected chi connectivity index (χ4v) is 3.09. The number of aromatic nitrogens is 1. The van der Waals surface area contributed by atoms with Gasteiger partial charge in [0.1, 0.15) is 6.17 Å². The van der Waals surface area contributed by atoms with Crippen LogP contribution in [-0.4, -0.2) is 22.4 Å². The first-order valence-corrected chi connectivity index (χ1v) is 7.60. The first-order chi connectivity index (χ1) is 10.5. The molecule has 2 heterocycles. The zero-order chi connectivity index (χ0) is 15.9. The number of rotatable bonds is 2. The fraction of sp³-hybridized carbons (Fsp3) is 0.200. The van der Waals surface area contributed by atoms with Crippen LogP contribution in [-0.2, 0) is 0 Å². The maximum Gasteiger partial charge on any atom is 0.199 e. The molecule has 1 aliphatic heterocycles. The van der Waals surface area contributed by atoms with Crippen molar-refractivity contribution in [3.8, 4) is 11.3 Å². The Hall–Kier alpha value is -1.82. The predicted octanol–water partition coefficient (Wildman–Crippen LogP) is 3.29. The Bertz CT molecular complexity index is 739. The van der Waals surface area contributed by atoms with Crippen molar-refractivity contribution in [3.05, 3.63) is 45.9 Å². The predicted molar refractivity (Wildman–Crippen MR) is 90.3 cm³/mol. The number of halogens is 2. The van der Waals surface area contributed by atoms with Crippen molar-refractivity contribution < 1.29 is 0 Å². The van der Waals surface area contributed by atoms with Crippen LogP contribution in [0.25, 0.3) is 11.3 Å². The second-order valence-electron chi connectivity index (χ2n) is 4.91. The molecule has 2 aromatic rings. The number of pyridine rings is 1. The van der Waals surface area contributed by atoms with Gasteiger partial charge in [-0.3, -0.25) is 0 Å². The monoisotopic (exact) mass is 335 g/mol. The van der Waals surface area contributed by atoms with Crippen molar-refractivity contribution in [2.45, 2.75) is 13.1 Å². The summed E-state index contributed by atoms with van der Waals surface area (Å²) < 4.78 is 0. The van der Waals surface area contributed by atoms with Gasteiger partial charge in [-0.15, -0.1) is 0 Å². The van der Waals surface area contributed by atoms with Gasteiger partial charge in [0.2, 0.25) is 0 Å². The molecule has 0 spiro atoms. The van der Waals surface area contributed by atoms with E-state index in [0.29, 0.717) is 39.6 Å². The SMILES string of the molecule is CCN1C(N)=Nc2nc(-c3c(Cl)cccc3Cl)ccc2C1N. The quantitative estimate of drug-likeness (QED) is 0.882. The topological polar surface area (TPSA) is 80.5 Å². The lowest BCUT2D eigenvalue weighted by atomic mass is 10.1. The van der Waals surface area contributed by atoms with Gasteiger partial charge < -0.3 is 16.4 Å². The first-order valence-electron chi connectivity index (χ1n) is 6.84. The molecule has 1 unspecified atom stereocenters. The van der Waals surface area contributed by atoms with Gasteiger partial charge in [-0.1, -0.05) is 29.3 Å². The zero-order valence-electron chi connectivity index (χ0n) is 11.9. The third-order valence-corrected chi connectivity index (χ3v) is 4.26. The number of benzene rings is 1. The Morgan fingerprint density at radius 3 is 2.50 bits per heavy atom. The number of aliphatic imine (C=N–C) groups is 1. The van der Waals surface area contributed by atoms with E-state index in [-0.39, 0.29) is 6.17 Å². The second-order valence-corrected chi connectivity index (χ2v) is 5.72. The van der Waals surface area contributed by atoms with Crippen LogP contribution in [0.15, 0.2) is 35.3 Å². The molecular formula is C15H15Cl2N5. The summed E-state index contributed by atoms with van der Waals surface area (Å²) in [5.74, 6) is 0.862. The first kappa shape index (κ1) is 15.1. The van der Waals surface area contributed by atoms with Crippen LogP contribution in [0.1, 0.15) is 18.7 Å². The molecule has 0 aliphatic carbocycles. The summed E-state index contributed by atoms with van der Waals surface area (Å²) in [6.45, 7) is 2.65. The highest BCUT2D eigenvalue weighted by Crippen LogP contribution is 2.37. The van der Waals surface area contributed by atoms with Crippen LogP contribution >= 0.6 is 23.2 Å². The Kier molecular flexibility index (Phi) is 3.95. The molecule has 0 bridgehead atoms. The minimum atomic E-state index is -0.360. The molecule has 5 nitrogen and oxygen atoms in total. The Morgan fingerprint density at radius 2 is 1.86 bits per heavy atom. The van der Waals surface area contributed by atoms with Gasteiger partial charge in [0, 0.05) is 17.7 Å². The average molecular weight is 336 g/mol. The van der Waals surface area contributed by atoms with E-state index >= 15 is 0 Å². The molecule has 4 N–H and O–H groups in total. The van der Waals surface area contributed by atoms with Gasteiger partial charge in [0.25, 0.3) is 0 Å². The molecular weight excluding hydrogens is 321 g/mol. The van der Waals surface area contributed by atoms with E-state index in [1.165, 1.54) is 0 Å². The third kappa shape index (κ3) is 2.41. The van der Waals surface area contributed by atoms with Crippen molar-refractivity contribution in [1.82, 2.24) is 9.88 Å². The van der Waals surface area contributed by atoms with Crippen molar-refractivity contribution in [2.75, 3.05) is 6.54 Å². The summed E-state index contributed by atoms with van der Waals surface area (Å²) >= 11 is 12.5. The van der Waals surface area contributed by atoms with Crippen LogP contribution in [0.3, 0.4) is 0 Å². The van der Waals surface area contributed by atoms with E-state index in [1.807, 2.05) is 24.0 Å². The van der Waals surface area contributed by atoms with E-state index in [9.17, 15) is 0 Å². The van der Waals surface area contributed by atoms with Crippen molar-refractivity contribution in [2.24, 2.45) is 16.5 Å². The smallest absolute Gasteiger partial charge is 0.199 e. The third-order valence-electron chi connectivity index (χ3n) is 3.63. The zero-order valence-corrected chi connectivity index (χ0v) is 13.4. The minimum absolute atomic E-state index is 0.359. The lowest BCUT2D eigenvalue weighted by Gasteiger charge is -2.32. The highest BCUT2D eigenvalue weighted by molar-refractivity contribution is 6.39. The maximum atomic E-state index is 6.23. The highest BCUT2D eigenvalue weighted by Gasteiger charge is 2.26. The largest absolute Gasteiger partial charge is 0.369 e. The molecule has 114 valence electrons. The number of hydrogen-bond acceptors (Lipinski definition) is 5. The fourth-order valence-electron chi connectivity index (χ4n) is 2.50. The molecule has 0 saturated carbocycles. The minimum Gasteiger partial charge on any atom is -0.369 e.